The third-order valence-corrected chi connectivity index (χ3v) is 1.57. The second-order valence-electron chi connectivity index (χ2n) is 2.54. The molecule has 4 heteroatoms. The highest BCUT2D eigenvalue weighted by molar-refractivity contribution is 5.43. The number of ether oxygens (including phenoxy) is 1. The summed E-state index contributed by atoms with van der Waals surface area (Å²) >= 11 is 0. The molecule has 0 radical (unpaired) electrons. The highest BCUT2D eigenvalue weighted by Crippen LogP contribution is 2.14. The zero-order valence-electron chi connectivity index (χ0n) is 7.03. The SMILES string of the molecule is COCC(N)c1ncccc1N. The maximum atomic E-state index is 5.74. The van der Waals surface area contributed by atoms with E-state index in [4.69, 9.17) is 16.2 Å². The smallest absolute Gasteiger partial charge is 0.0823 e. The third-order valence-electron chi connectivity index (χ3n) is 1.57. The van der Waals surface area contributed by atoms with E-state index in [1.165, 1.54) is 0 Å². The van der Waals surface area contributed by atoms with Gasteiger partial charge in [0.15, 0.2) is 0 Å². The van der Waals surface area contributed by atoms with Crippen molar-refractivity contribution in [1.29, 1.82) is 0 Å². The largest absolute Gasteiger partial charge is 0.397 e. The van der Waals surface area contributed by atoms with Crippen LogP contribution in [0.15, 0.2) is 18.3 Å². The van der Waals surface area contributed by atoms with Crippen LogP contribution in [-0.2, 0) is 4.74 Å². The molecule has 0 aliphatic rings. The Kier molecular flexibility index (Phi) is 3.01. The lowest BCUT2D eigenvalue weighted by molar-refractivity contribution is 0.180. The predicted molar refractivity (Wildman–Crippen MR) is 47.5 cm³/mol. The molecule has 1 aromatic heterocycles. The molecule has 12 heavy (non-hydrogen) atoms. The molecule has 1 unspecified atom stereocenters. The van der Waals surface area contributed by atoms with E-state index in [9.17, 15) is 0 Å². The number of nitrogen functional groups attached to an aromatic ring is 1. The fraction of sp³-hybridized carbons (Fsp3) is 0.375. The highest BCUT2D eigenvalue weighted by atomic mass is 16.5. The van der Waals surface area contributed by atoms with Gasteiger partial charge in [0.2, 0.25) is 0 Å². The molecule has 0 aromatic carbocycles. The van der Waals surface area contributed by atoms with Gasteiger partial charge in [-0.05, 0) is 12.1 Å². The molecule has 0 aliphatic heterocycles. The van der Waals surface area contributed by atoms with Crippen molar-refractivity contribution < 1.29 is 4.74 Å². The summed E-state index contributed by atoms with van der Waals surface area (Å²) in [6, 6.07) is 3.31. The maximum absolute atomic E-state index is 5.74. The van der Waals surface area contributed by atoms with Gasteiger partial charge >= 0.3 is 0 Å². The zero-order chi connectivity index (χ0) is 8.97. The molecule has 0 bridgehead atoms. The van der Waals surface area contributed by atoms with Crippen molar-refractivity contribution in [2.45, 2.75) is 6.04 Å². The van der Waals surface area contributed by atoms with E-state index in [2.05, 4.69) is 4.98 Å². The number of methoxy groups -OCH3 is 1. The summed E-state index contributed by atoms with van der Waals surface area (Å²) in [6.07, 6.45) is 1.67. The Labute approximate surface area is 71.5 Å². The molecular formula is C8H13N3O. The normalized spacial score (nSPS) is 12.8. The monoisotopic (exact) mass is 167 g/mol. The molecule has 1 atom stereocenters. The highest BCUT2D eigenvalue weighted by Gasteiger charge is 2.09. The van der Waals surface area contributed by atoms with Crippen LogP contribution in [0.4, 0.5) is 5.69 Å². The first-order valence-corrected chi connectivity index (χ1v) is 3.70. The molecule has 0 amide bonds. The Morgan fingerprint density at radius 1 is 1.67 bits per heavy atom. The van der Waals surface area contributed by atoms with Crippen molar-refractivity contribution >= 4 is 5.69 Å². The number of aromatic nitrogens is 1. The maximum Gasteiger partial charge on any atom is 0.0823 e. The molecule has 4 nitrogen and oxygen atoms in total. The lowest BCUT2D eigenvalue weighted by Gasteiger charge is -2.11. The van der Waals surface area contributed by atoms with Gasteiger partial charge in [0, 0.05) is 13.3 Å². The van der Waals surface area contributed by atoms with Gasteiger partial charge in [-0.2, -0.15) is 0 Å². The minimum Gasteiger partial charge on any atom is -0.397 e. The van der Waals surface area contributed by atoms with Gasteiger partial charge in [0.25, 0.3) is 0 Å². The van der Waals surface area contributed by atoms with Crippen molar-refractivity contribution in [3.05, 3.63) is 24.0 Å². The Balaban J connectivity index is 2.79. The van der Waals surface area contributed by atoms with Crippen LogP contribution in [0, 0.1) is 0 Å². The zero-order valence-corrected chi connectivity index (χ0v) is 7.03. The van der Waals surface area contributed by atoms with Gasteiger partial charge in [-0.15, -0.1) is 0 Å². The Bertz CT molecular complexity index is 252. The van der Waals surface area contributed by atoms with Crippen molar-refractivity contribution in [3.8, 4) is 0 Å². The van der Waals surface area contributed by atoms with E-state index in [1.807, 2.05) is 0 Å². The molecule has 0 saturated heterocycles. The number of hydrogen-bond acceptors (Lipinski definition) is 4. The first kappa shape index (κ1) is 8.96. The van der Waals surface area contributed by atoms with E-state index in [-0.39, 0.29) is 6.04 Å². The van der Waals surface area contributed by atoms with Gasteiger partial charge in [0.1, 0.15) is 0 Å². The Morgan fingerprint density at radius 3 is 3.00 bits per heavy atom. The van der Waals surface area contributed by atoms with Crippen LogP contribution in [0.25, 0.3) is 0 Å². The fourth-order valence-corrected chi connectivity index (χ4v) is 0.998. The lowest BCUT2D eigenvalue weighted by Crippen LogP contribution is -2.18. The quantitative estimate of drug-likeness (QED) is 0.679. The van der Waals surface area contributed by atoms with E-state index in [0.29, 0.717) is 18.0 Å². The summed E-state index contributed by atoms with van der Waals surface area (Å²) in [7, 11) is 1.60. The number of rotatable bonds is 3. The van der Waals surface area contributed by atoms with E-state index >= 15 is 0 Å². The summed E-state index contributed by atoms with van der Waals surface area (Å²) in [5, 5.41) is 0. The van der Waals surface area contributed by atoms with Crippen LogP contribution in [0.2, 0.25) is 0 Å². The van der Waals surface area contributed by atoms with Gasteiger partial charge < -0.3 is 16.2 Å². The number of pyridine rings is 1. The van der Waals surface area contributed by atoms with Crippen molar-refractivity contribution in [3.63, 3.8) is 0 Å². The van der Waals surface area contributed by atoms with Gasteiger partial charge in [0.05, 0.1) is 24.0 Å². The van der Waals surface area contributed by atoms with Crippen LogP contribution in [0.5, 0.6) is 0 Å². The van der Waals surface area contributed by atoms with E-state index in [0.717, 1.165) is 0 Å². The van der Waals surface area contributed by atoms with Crippen LogP contribution in [0.3, 0.4) is 0 Å². The van der Waals surface area contributed by atoms with Crippen molar-refractivity contribution in [2.24, 2.45) is 5.73 Å². The molecule has 0 spiro atoms. The van der Waals surface area contributed by atoms with Gasteiger partial charge in [-0.1, -0.05) is 0 Å². The average molecular weight is 167 g/mol. The van der Waals surface area contributed by atoms with Crippen LogP contribution >= 0.6 is 0 Å². The van der Waals surface area contributed by atoms with E-state index < -0.39 is 0 Å². The predicted octanol–water partition coefficient (Wildman–Crippen LogP) is 0.310. The number of nitrogens with two attached hydrogens (primary N) is 2. The first-order valence-electron chi connectivity index (χ1n) is 3.70. The Morgan fingerprint density at radius 2 is 2.42 bits per heavy atom. The number of nitrogens with zero attached hydrogens (tertiary/aromatic N) is 1. The first-order chi connectivity index (χ1) is 5.75. The molecule has 1 aromatic rings. The molecular weight excluding hydrogens is 154 g/mol. The summed E-state index contributed by atoms with van der Waals surface area (Å²) in [4.78, 5) is 4.07. The van der Waals surface area contributed by atoms with Crippen molar-refractivity contribution in [1.82, 2.24) is 4.98 Å². The Hall–Kier alpha value is -1.13. The number of hydrogen-bond donors (Lipinski definition) is 2. The molecule has 66 valence electrons. The lowest BCUT2D eigenvalue weighted by atomic mass is 10.2. The summed E-state index contributed by atoms with van der Waals surface area (Å²) < 4.78 is 4.89. The minimum atomic E-state index is -0.240. The topological polar surface area (TPSA) is 74.2 Å². The molecule has 0 aliphatic carbocycles. The summed E-state index contributed by atoms with van der Waals surface area (Å²) in [5.74, 6) is 0. The molecule has 0 saturated carbocycles. The third kappa shape index (κ3) is 1.93. The van der Waals surface area contributed by atoms with E-state index in [1.54, 1.807) is 25.4 Å². The van der Waals surface area contributed by atoms with Crippen LogP contribution < -0.4 is 11.5 Å². The standard InChI is InChI=1S/C8H13N3O/c1-12-5-7(10)8-6(9)3-2-4-11-8/h2-4,7H,5,9-10H2,1H3. The fourth-order valence-electron chi connectivity index (χ4n) is 0.998. The van der Waals surface area contributed by atoms with Gasteiger partial charge in [-0.3, -0.25) is 4.98 Å². The van der Waals surface area contributed by atoms with Crippen LogP contribution in [0.1, 0.15) is 11.7 Å². The second kappa shape index (κ2) is 4.04. The minimum absolute atomic E-state index is 0.240. The van der Waals surface area contributed by atoms with Gasteiger partial charge in [-0.25, -0.2) is 0 Å². The second-order valence-corrected chi connectivity index (χ2v) is 2.54. The van der Waals surface area contributed by atoms with Crippen molar-refractivity contribution in [2.75, 3.05) is 19.5 Å². The molecule has 4 N–H and O–H groups in total. The molecule has 0 fully saturated rings. The molecule has 1 rings (SSSR count). The molecule has 1 heterocycles. The average Bonchev–Trinajstić information content (AvgIpc) is 2.05. The summed E-state index contributed by atoms with van der Waals surface area (Å²) in [6.45, 7) is 0.432. The van der Waals surface area contributed by atoms with Crippen LogP contribution in [-0.4, -0.2) is 18.7 Å². The number of anilines is 1. The summed E-state index contributed by atoms with van der Waals surface area (Å²) in [5.41, 5.74) is 12.7.